The van der Waals surface area contributed by atoms with Gasteiger partial charge in [-0.1, -0.05) is 29.8 Å². The third-order valence-corrected chi connectivity index (χ3v) is 5.22. The number of hydrogen-bond acceptors (Lipinski definition) is 2. The highest BCUT2D eigenvalue weighted by molar-refractivity contribution is 5.80. The van der Waals surface area contributed by atoms with Crippen LogP contribution < -0.4 is 11.1 Å². The van der Waals surface area contributed by atoms with Crippen molar-refractivity contribution in [2.24, 2.45) is 23.5 Å². The first-order valence-corrected chi connectivity index (χ1v) is 7.69. The van der Waals surface area contributed by atoms with E-state index in [0.717, 1.165) is 12.0 Å². The Balaban J connectivity index is 1.65. The molecular weight excluding hydrogens is 248 g/mol. The number of nitrogens with one attached hydrogen (secondary N) is 1. The lowest BCUT2D eigenvalue weighted by Crippen LogP contribution is -2.45. The predicted octanol–water partition coefficient (Wildman–Crippen LogP) is 2.55. The summed E-state index contributed by atoms with van der Waals surface area (Å²) in [6, 6.07) is 8.46. The predicted molar refractivity (Wildman–Crippen MR) is 80.0 cm³/mol. The third kappa shape index (κ3) is 2.35. The molecule has 1 aromatic carbocycles. The highest BCUT2D eigenvalue weighted by Crippen LogP contribution is 2.47. The molecule has 3 heteroatoms. The summed E-state index contributed by atoms with van der Waals surface area (Å²) in [6.07, 6.45) is 3.54. The lowest BCUT2D eigenvalue weighted by atomic mass is 9.84. The van der Waals surface area contributed by atoms with Gasteiger partial charge in [-0.2, -0.15) is 0 Å². The largest absolute Gasteiger partial charge is 0.349 e. The van der Waals surface area contributed by atoms with Gasteiger partial charge in [0.15, 0.2) is 0 Å². The summed E-state index contributed by atoms with van der Waals surface area (Å²) in [5.74, 6) is 1.27. The lowest BCUT2D eigenvalue weighted by molar-refractivity contribution is -0.127. The lowest BCUT2D eigenvalue weighted by Gasteiger charge is -2.28. The van der Waals surface area contributed by atoms with Crippen molar-refractivity contribution in [3.05, 3.63) is 35.4 Å². The molecule has 108 valence electrons. The average molecular weight is 272 g/mol. The minimum absolute atomic E-state index is 0.0293. The van der Waals surface area contributed by atoms with Crippen LogP contribution in [-0.2, 0) is 4.79 Å². The fourth-order valence-corrected chi connectivity index (χ4v) is 3.97. The first-order valence-electron chi connectivity index (χ1n) is 7.69. The van der Waals surface area contributed by atoms with E-state index in [0.29, 0.717) is 11.8 Å². The molecule has 0 heterocycles. The molecule has 0 spiro atoms. The summed E-state index contributed by atoms with van der Waals surface area (Å²) in [5.41, 5.74) is 8.63. The van der Waals surface area contributed by atoms with E-state index < -0.39 is 0 Å². The highest BCUT2D eigenvalue weighted by Gasteiger charge is 2.49. The van der Waals surface area contributed by atoms with Gasteiger partial charge in [-0.05, 0) is 50.5 Å². The van der Waals surface area contributed by atoms with Crippen LogP contribution >= 0.6 is 0 Å². The molecule has 0 aliphatic heterocycles. The summed E-state index contributed by atoms with van der Waals surface area (Å²) >= 11 is 0. The van der Waals surface area contributed by atoms with Crippen LogP contribution in [0.2, 0.25) is 0 Å². The van der Waals surface area contributed by atoms with E-state index in [1.54, 1.807) is 0 Å². The van der Waals surface area contributed by atoms with Gasteiger partial charge in [0.2, 0.25) is 5.91 Å². The highest BCUT2D eigenvalue weighted by atomic mass is 16.2. The smallest absolute Gasteiger partial charge is 0.225 e. The van der Waals surface area contributed by atoms with E-state index >= 15 is 0 Å². The van der Waals surface area contributed by atoms with Crippen molar-refractivity contribution >= 4 is 5.91 Å². The Morgan fingerprint density at radius 1 is 1.25 bits per heavy atom. The van der Waals surface area contributed by atoms with Gasteiger partial charge >= 0.3 is 0 Å². The Labute approximate surface area is 120 Å². The van der Waals surface area contributed by atoms with Crippen LogP contribution in [0.3, 0.4) is 0 Å². The molecule has 3 rings (SSSR count). The first kappa shape index (κ1) is 13.6. The van der Waals surface area contributed by atoms with Gasteiger partial charge in [0.05, 0.1) is 12.0 Å². The number of rotatable bonds is 3. The quantitative estimate of drug-likeness (QED) is 0.888. The maximum atomic E-state index is 12.5. The number of carbonyl (C=O) groups is 1. The van der Waals surface area contributed by atoms with Crippen LogP contribution in [0.15, 0.2) is 24.3 Å². The van der Waals surface area contributed by atoms with Crippen LogP contribution in [0.5, 0.6) is 0 Å². The van der Waals surface area contributed by atoms with E-state index in [2.05, 4.69) is 36.5 Å². The minimum Gasteiger partial charge on any atom is -0.349 e. The Kier molecular flexibility index (Phi) is 3.55. The molecule has 1 aromatic rings. The van der Waals surface area contributed by atoms with Crippen molar-refractivity contribution in [3.8, 4) is 0 Å². The van der Waals surface area contributed by atoms with E-state index in [4.69, 9.17) is 5.73 Å². The maximum Gasteiger partial charge on any atom is 0.225 e. The molecule has 3 N–H and O–H groups in total. The number of benzene rings is 1. The summed E-state index contributed by atoms with van der Waals surface area (Å²) in [5, 5.41) is 3.15. The molecule has 2 bridgehead atoms. The molecule has 0 aromatic heterocycles. The number of nitrogens with two attached hydrogens (primary N) is 1. The van der Waals surface area contributed by atoms with Gasteiger partial charge in [0.25, 0.3) is 0 Å². The molecule has 5 atom stereocenters. The second-order valence-electron chi connectivity index (χ2n) is 6.58. The van der Waals surface area contributed by atoms with E-state index in [9.17, 15) is 4.79 Å². The number of carbonyl (C=O) groups excluding carboxylic acids is 1. The van der Waals surface area contributed by atoms with Crippen molar-refractivity contribution in [3.63, 3.8) is 0 Å². The zero-order chi connectivity index (χ0) is 14.3. The molecule has 1 amide bonds. The van der Waals surface area contributed by atoms with Crippen molar-refractivity contribution in [1.82, 2.24) is 5.32 Å². The molecule has 2 saturated carbocycles. The van der Waals surface area contributed by atoms with Crippen LogP contribution in [0, 0.1) is 24.7 Å². The Hall–Kier alpha value is -1.35. The average Bonchev–Trinajstić information content (AvgIpc) is 2.99. The zero-order valence-corrected chi connectivity index (χ0v) is 12.3. The molecule has 2 fully saturated rings. The van der Waals surface area contributed by atoms with Crippen molar-refractivity contribution in [2.45, 2.75) is 45.2 Å². The van der Waals surface area contributed by atoms with Crippen LogP contribution in [0.25, 0.3) is 0 Å². The Morgan fingerprint density at radius 2 is 1.90 bits per heavy atom. The number of hydrogen-bond donors (Lipinski definition) is 2. The standard InChI is InChI=1S/C17H24N2O/c1-10-3-5-12(6-4-10)11(2)19-17(20)15-13-7-8-14(9-13)16(15)18/h3-6,11,13-16H,7-9,18H2,1-2H3,(H,19,20). The van der Waals surface area contributed by atoms with Crippen LogP contribution in [0.4, 0.5) is 0 Å². The summed E-state index contributed by atoms with van der Waals surface area (Å²) in [4.78, 5) is 12.5. The number of aryl methyl sites for hydroxylation is 1. The SMILES string of the molecule is Cc1ccc(C(C)NC(=O)C2C3CCC(C3)C2N)cc1. The fourth-order valence-electron chi connectivity index (χ4n) is 3.97. The molecule has 3 nitrogen and oxygen atoms in total. The van der Waals surface area contributed by atoms with E-state index in [1.807, 2.05) is 6.92 Å². The first-order chi connectivity index (χ1) is 9.56. The number of fused-ring (bicyclic) bond motifs is 2. The fraction of sp³-hybridized carbons (Fsp3) is 0.588. The summed E-state index contributed by atoms with van der Waals surface area (Å²) < 4.78 is 0. The van der Waals surface area contributed by atoms with Crippen molar-refractivity contribution in [1.29, 1.82) is 0 Å². The van der Waals surface area contributed by atoms with Gasteiger partial charge in [-0.15, -0.1) is 0 Å². The van der Waals surface area contributed by atoms with Gasteiger partial charge < -0.3 is 11.1 Å². The molecule has 20 heavy (non-hydrogen) atoms. The molecule has 2 aliphatic rings. The summed E-state index contributed by atoms with van der Waals surface area (Å²) in [6.45, 7) is 4.11. The van der Waals surface area contributed by atoms with Gasteiger partial charge in [0.1, 0.15) is 0 Å². The van der Waals surface area contributed by atoms with Crippen molar-refractivity contribution in [2.75, 3.05) is 0 Å². The topological polar surface area (TPSA) is 55.1 Å². The second kappa shape index (κ2) is 5.21. The minimum atomic E-state index is 0.0293. The zero-order valence-electron chi connectivity index (χ0n) is 12.3. The maximum absolute atomic E-state index is 12.5. The second-order valence-corrected chi connectivity index (χ2v) is 6.58. The third-order valence-electron chi connectivity index (χ3n) is 5.22. The number of amides is 1. The van der Waals surface area contributed by atoms with Crippen molar-refractivity contribution < 1.29 is 4.79 Å². The molecule has 0 radical (unpaired) electrons. The normalized spacial score (nSPS) is 33.1. The van der Waals surface area contributed by atoms with Gasteiger partial charge in [-0.25, -0.2) is 0 Å². The van der Waals surface area contributed by atoms with Crippen LogP contribution in [-0.4, -0.2) is 11.9 Å². The molecule has 2 aliphatic carbocycles. The Bertz CT molecular complexity index is 494. The monoisotopic (exact) mass is 272 g/mol. The molecular formula is C17H24N2O. The van der Waals surface area contributed by atoms with Crippen LogP contribution in [0.1, 0.15) is 43.4 Å². The van der Waals surface area contributed by atoms with Gasteiger partial charge in [0, 0.05) is 6.04 Å². The Morgan fingerprint density at radius 3 is 2.50 bits per heavy atom. The van der Waals surface area contributed by atoms with E-state index in [-0.39, 0.29) is 23.9 Å². The van der Waals surface area contributed by atoms with Gasteiger partial charge in [-0.3, -0.25) is 4.79 Å². The summed E-state index contributed by atoms with van der Waals surface area (Å²) in [7, 11) is 0. The molecule has 5 unspecified atom stereocenters. The van der Waals surface area contributed by atoms with E-state index in [1.165, 1.54) is 18.4 Å². The molecule has 0 saturated heterocycles.